The number of hydrogen-bond acceptors (Lipinski definition) is 5. The van der Waals surface area contributed by atoms with Crippen LogP contribution in [0.1, 0.15) is 6.42 Å². The summed E-state index contributed by atoms with van der Waals surface area (Å²) in [5.41, 5.74) is 2.65. The Balaban J connectivity index is 1.82. The molecule has 7 heteroatoms. The highest BCUT2D eigenvalue weighted by Crippen LogP contribution is 2.26. The lowest BCUT2D eigenvalue weighted by Gasteiger charge is -2.07. The fraction of sp³-hybridized carbons (Fsp3) is 0.357. The van der Waals surface area contributed by atoms with E-state index in [2.05, 4.69) is 55.1 Å². The van der Waals surface area contributed by atoms with Crippen LogP contribution in [0, 0.1) is 0 Å². The van der Waals surface area contributed by atoms with Crippen LogP contribution in [0.2, 0.25) is 0 Å². The van der Waals surface area contributed by atoms with E-state index in [0.717, 1.165) is 50.4 Å². The Kier molecular flexibility index (Phi) is 4.42. The zero-order chi connectivity index (χ0) is 14.8. The summed E-state index contributed by atoms with van der Waals surface area (Å²) in [5, 5.41) is 10.3. The van der Waals surface area contributed by atoms with Gasteiger partial charge in [0.1, 0.15) is 5.52 Å². The predicted molar refractivity (Wildman–Crippen MR) is 90.8 cm³/mol. The first-order valence-electron chi connectivity index (χ1n) is 6.72. The molecule has 0 aliphatic carbocycles. The number of H-pyrrole nitrogens is 1. The third-order valence-corrected chi connectivity index (χ3v) is 4.56. The molecule has 0 saturated heterocycles. The molecule has 0 aliphatic rings. The van der Waals surface area contributed by atoms with E-state index in [1.54, 1.807) is 11.8 Å². The normalized spacial score (nSPS) is 11.8. The van der Waals surface area contributed by atoms with Crippen molar-refractivity contribution in [1.82, 2.24) is 25.1 Å². The molecule has 2 heterocycles. The van der Waals surface area contributed by atoms with E-state index < -0.39 is 0 Å². The minimum Gasteiger partial charge on any atom is -0.338 e. The molecule has 0 unspecified atom stereocenters. The molecule has 0 saturated carbocycles. The smallest absolute Gasteiger partial charge is 0.211 e. The van der Waals surface area contributed by atoms with E-state index >= 15 is 0 Å². The van der Waals surface area contributed by atoms with Crippen LogP contribution in [0.4, 0.5) is 0 Å². The van der Waals surface area contributed by atoms with Crippen LogP contribution in [0.3, 0.4) is 0 Å². The minimum atomic E-state index is 0.729. The van der Waals surface area contributed by atoms with Crippen LogP contribution in [0.25, 0.3) is 22.1 Å². The van der Waals surface area contributed by atoms with Crippen LogP contribution < -0.4 is 0 Å². The molecule has 0 amide bonds. The van der Waals surface area contributed by atoms with Crippen molar-refractivity contribution >= 4 is 49.8 Å². The lowest BCUT2D eigenvalue weighted by Crippen LogP contribution is -2.13. The van der Waals surface area contributed by atoms with Gasteiger partial charge in [0, 0.05) is 21.1 Å². The molecule has 0 radical (unpaired) electrons. The monoisotopic (exact) mass is 365 g/mol. The summed E-state index contributed by atoms with van der Waals surface area (Å²) < 4.78 is 1.03. The van der Waals surface area contributed by atoms with Gasteiger partial charge in [-0.05, 0) is 45.3 Å². The molecule has 3 rings (SSSR count). The average molecular weight is 366 g/mol. The van der Waals surface area contributed by atoms with Gasteiger partial charge >= 0.3 is 0 Å². The Morgan fingerprint density at radius 3 is 2.95 bits per heavy atom. The Morgan fingerprint density at radius 1 is 1.29 bits per heavy atom. The van der Waals surface area contributed by atoms with E-state index in [0.29, 0.717) is 0 Å². The number of nitrogens with zero attached hydrogens (tertiary/aromatic N) is 4. The number of rotatable bonds is 5. The molecule has 3 aromatic rings. The van der Waals surface area contributed by atoms with Gasteiger partial charge in [-0.15, -0.1) is 10.2 Å². The number of aromatic nitrogens is 4. The molecule has 0 aliphatic heterocycles. The highest BCUT2D eigenvalue weighted by Gasteiger charge is 2.09. The zero-order valence-corrected chi connectivity index (χ0v) is 14.3. The summed E-state index contributed by atoms with van der Waals surface area (Å²) in [6.07, 6.45) is 1.11. The summed E-state index contributed by atoms with van der Waals surface area (Å²) in [6.45, 7) is 1.07. The van der Waals surface area contributed by atoms with Gasteiger partial charge in [0.05, 0.1) is 0 Å². The van der Waals surface area contributed by atoms with Gasteiger partial charge in [-0.2, -0.15) is 0 Å². The van der Waals surface area contributed by atoms with Gasteiger partial charge in [0.25, 0.3) is 0 Å². The van der Waals surface area contributed by atoms with Crippen LogP contribution >= 0.6 is 27.7 Å². The molecule has 0 bridgehead atoms. The van der Waals surface area contributed by atoms with Crippen molar-refractivity contribution in [3.05, 3.63) is 22.7 Å². The van der Waals surface area contributed by atoms with Crippen LogP contribution in [-0.4, -0.2) is 51.5 Å². The molecule has 1 N–H and O–H groups in total. The van der Waals surface area contributed by atoms with Crippen molar-refractivity contribution in [2.24, 2.45) is 0 Å². The van der Waals surface area contributed by atoms with E-state index in [1.807, 2.05) is 18.2 Å². The fourth-order valence-corrected chi connectivity index (χ4v) is 3.21. The third-order valence-electron chi connectivity index (χ3n) is 3.14. The summed E-state index contributed by atoms with van der Waals surface area (Å²) in [6, 6.07) is 6.06. The fourth-order valence-electron chi connectivity index (χ4n) is 2.13. The lowest BCUT2D eigenvalue weighted by molar-refractivity contribution is 0.410. The van der Waals surface area contributed by atoms with Gasteiger partial charge in [-0.1, -0.05) is 27.7 Å². The van der Waals surface area contributed by atoms with Crippen molar-refractivity contribution in [3.8, 4) is 0 Å². The van der Waals surface area contributed by atoms with Crippen molar-refractivity contribution < 1.29 is 0 Å². The molecule has 0 fully saturated rings. The summed E-state index contributed by atoms with van der Waals surface area (Å²) in [5.74, 6) is 0.997. The van der Waals surface area contributed by atoms with Crippen molar-refractivity contribution in [2.45, 2.75) is 11.6 Å². The number of thioether (sulfide) groups is 1. The number of benzene rings is 1. The SMILES string of the molecule is CN(C)CCCSc1nnc2c(n1)[nH]c1ccc(Br)cc12. The third kappa shape index (κ3) is 3.36. The highest BCUT2D eigenvalue weighted by atomic mass is 79.9. The van der Waals surface area contributed by atoms with E-state index in [9.17, 15) is 0 Å². The maximum atomic E-state index is 4.56. The highest BCUT2D eigenvalue weighted by molar-refractivity contribution is 9.10. The quantitative estimate of drug-likeness (QED) is 0.555. The molecule has 2 aromatic heterocycles. The zero-order valence-electron chi connectivity index (χ0n) is 11.9. The molecule has 110 valence electrons. The maximum Gasteiger partial charge on any atom is 0.211 e. The molecule has 1 aromatic carbocycles. The van der Waals surface area contributed by atoms with Gasteiger partial charge in [-0.3, -0.25) is 0 Å². The molecule has 5 nitrogen and oxygen atoms in total. The first kappa shape index (κ1) is 14.7. The molecule has 0 spiro atoms. The van der Waals surface area contributed by atoms with Crippen molar-refractivity contribution in [3.63, 3.8) is 0 Å². The molecule has 21 heavy (non-hydrogen) atoms. The van der Waals surface area contributed by atoms with Gasteiger partial charge < -0.3 is 9.88 Å². The Morgan fingerprint density at radius 2 is 2.14 bits per heavy atom. The second kappa shape index (κ2) is 6.29. The second-order valence-corrected chi connectivity index (χ2v) is 7.09. The largest absolute Gasteiger partial charge is 0.338 e. The first-order chi connectivity index (χ1) is 10.1. The van der Waals surface area contributed by atoms with E-state index in [1.165, 1.54) is 0 Å². The molecular weight excluding hydrogens is 350 g/mol. The van der Waals surface area contributed by atoms with Gasteiger partial charge in [0.15, 0.2) is 5.65 Å². The Hall–Kier alpha value is -1.18. The first-order valence-corrected chi connectivity index (χ1v) is 8.50. The molecule has 0 atom stereocenters. The number of nitrogens with one attached hydrogen (secondary N) is 1. The van der Waals surface area contributed by atoms with Gasteiger partial charge in [0.2, 0.25) is 5.16 Å². The number of fused-ring (bicyclic) bond motifs is 3. The average Bonchev–Trinajstić information content (AvgIpc) is 2.80. The minimum absolute atomic E-state index is 0.729. The summed E-state index contributed by atoms with van der Waals surface area (Å²) >= 11 is 5.13. The lowest BCUT2D eigenvalue weighted by atomic mass is 10.2. The Bertz CT molecular complexity index is 770. The second-order valence-electron chi connectivity index (χ2n) is 5.11. The van der Waals surface area contributed by atoms with Crippen LogP contribution in [-0.2, 0) is 0 Å². The number of aromatic amines is 1. The van der Waals surface area contributed by atoms with Crippen LogP contribution in [0.15, 0.2) is 27.8 Å². The molecular formula is C14H16BrN5S. The van der Waals surface area contributed by atoms with E-state index in [-0.39, 0.29) is 0 Å². The topological polar surface area (TPSA) is 57.7 Å². The maximum absolute atomic E-state index is 4.56. The van der Waals surface area contributed by atoms with Gasteiger partial charge in [-0.25, -0.2) is 4.98 Å². The van der Waals surface area contributed by atoms with E-state index in [4.69, 9.17) is 0 Å². The number of hydrogen-bond donors (Lipinski definition) is 1. The predicted octanol–water partition coefficient (Wildman–Crippen LogP) is 3.31. The van der Waals surface area contributed by atoms with Crippen LogP contribution in [0.5, 0.6) is 0 Å². The summed E-state index contributed by atoms with van der Waals surface area (Å²) in [7, 11) is 4.16. The van der Waals surface area contributed by atoms with Crippen molar-refractivity contribution in [1.29, 1.82) is 0 Å². The standard InChI is InChI=1S/C14H16BrN5S/c1-20(2)6-3-7-21-14-17-13-12(18-19-14)10-8-9(15)4-5-11(10)16-13/h4-5,8H,3,6-7H2,1-2H3,(H,16,17,19). The summed E-state index contributed by atoms with van der Waals surface area (Å²) in [4.78, 5) is 10.0. The van der Waals surface area contributed by atoms with Crippen molar-refractivity contribution in [2.75, 3.05) is 26.4 Å². The number of halogens is 1. The Labute approximate surface area is 135 Å².